The predicted octanol–water partition coefficient (Wildman–Crippen LogP) is 2.57. The molecule has 0 saturated carbocycles. The summed E-state index contributed by atoms with van der Waals surface area (Å²) in [6.07, 6.45) is 8.07. The van der Waals surface area contributed by atoms with Crippen molar-refractivity contribution in [3.63, 3.8) is 0 Å². The molecule has 7 heteroatoms. The summed E-state index contributed by atoms with van der Waals surface area (Å²) in [5.74, 6) is -0.0659. The molecule has 3 N–H and O–H groups in total. The number of hydrogen-bond donors (Lipinski definition) is 3. The number of aryl methyl sites for hydroxylation is 1. The molecule has 4 rings (SSSR count). The van der Waals surface area contributed by atoms with Crippen LogP contribution in [-0.4, -0.2) is 37.2 Å². The fraction of sp³-hybridized carbons (Fsp3) is 0.167. The monoisotopic (exact) mass is 334 g/mol. The SMILES string of the molecule is O=C(NCCCn1ccnc1)c1cccc2[nH]c(-c3cc[nH]n3)cc12. The van der Waals surface area contributed by atoms with Crippen LogP contribution >= 0.6 is 0 Å². The Morgan fingerprint density at radius 1 is 1.28 bits per heavy atom. The highest BCUT2D eigenvalue weighted by Crippen LogP contribution is 2.25. The Labute approximate surface area is 144 Å². The van der Waals surface area contributed by atoms with E-state index in [0.29, 0.717) is 12.1 Å². The Balaban J connectivity index is 1.47. The van der Waals surface area contributed by atoms with E-state index in [2.05, 4.69) is 25.5 Å². The zero-order valence-corrected chi connectivity index (χ0v) is 13.6. The Kier molecular flexibility index (Phi) is 4.04. The van der Waals surface area contributed by atoms with Crippen LogP contribution in [0.2, 0.25) is 0 Å². The standard InChI is InChI=1S/C18H18N6O/c25-18(20-6-2-9-24-10-8-19-12-24)13-3-1-4-15-14(13)11-17(22-15)16-5-7-21-23-16/h1,3-5,7-8,10-12,22H,2,6,9H2,(H,20,25)(H,21,23). The first-order valence-corrected chi connectivity index (χ1v) is 8.17. The summed E-state index contributed by atoms with van der Waals surface area (Å²) in [6.45, 7) is 1.45. The lowest BCUT2D eigenvalue weighted by atomic mass is 10.1. The van der Waals surface area contributed by atoms with Crippen LogP contribution in [0.1, 0.15) is 16.8 Å². The first kappa shape index (κ1) is 15.2. The van der Waals surface area contributed by atoms with Crippen molar-refractivity contribution in [1.29, 1.82) is 0 Å². The minimum atomic E-state index is -0.0659. The van der Waals surface area contributed by atoms with Gasteiger partial charge in [0, 0.05) is 48.1 Å². The number of aromatic nitrogens is 5. The van der Waals surface area contributed by atoms with Gasteiger partial charge < -0.3 is 14.9 Å². The van der Waals surface area contributed by atoms with E-state index in [0.717, 1.165) is 35.3 Å². The van der Waals surface area contributed by atoms with E-state index in [1.807, 2.05) is 41.1 Å². The van der Waals surface area contributed by atoms with E-state index in [-0.39, 0.29) is 5.91 Å². The van der Waals surface area contributed by atoms with Gasteiger partial charge in [-0.25, -0.2) is 4.98 Å². The van der Waals surface area contributed by atoms with E-state index in [9.17, 15) is 4.79 Å². The first-order chi connectivity index (χ1) is 12.3. The molecule has 1 amide bonds. The van der Waals surface area contributed by atoms with Gasteiger partial charge in [0.15, 0.2) is 0 Å². The Morgan fingerprint density at radius 2 is 2.24 bits per heavy atom. The van der Waals surface area contributed by atoms with Crippen LogP contribution in [0.4, 0.5) is 0 Å². The molecule has 0 radical (unpaired) electrons. The molecule has 0 aliphatic carbocycles. The van der Waals surface area contributed by atoms with Crippen molar-refractivity contribution in [2.75, 3.05) is 6.54 Å². The van der Waals surface area contributed by atoms with Crippen molar-refractivity contribution in [3.8, 4) is 11.4 Å². The van der Waals surface area contributed by atoms with Gasteiger partial charge in [0.1, 0.15) is 5.69 Å². The molecule has 0 fully saturated rings. The molecule has 0 aliphatic rings. The maximum absolute atomic E-state index is 12.5. The third-order valence-corrected chi connectivity index (χ3v) is 4.12. The molecule has 25 heavy (non-hydrogen) atoms. The second-order valence-electron chi connectivity index (χ2n) is 5.82. The maximum Gasteiger partial charge on any atom is 0.251 e. The van der Waals surface area contributed by atoms with Gasteiger partial charge >= 0.3 is 0 Å². The number of rotatable bonds is 6. The summed E-state index contributed by atoms with van der Waals surface area (Å²) in [6, 6.07) is 9.54. The van der Waals surface area contributed by atoms with Crippen molar-refractivity contribution in [2.24, 2.45) is 0 Å². The van der Waals surface area contributed by atoms with Crippen LogP contribution in [0, 0.1) is 0 Å². The summed E-state index contributed by atoms with van der Waals surface area (Å²) in [5, 5.41) is 10.9. The van der Waals surface area contributed by atoms with Gasteiger partial charge in [0.25, 0.3) is 5.91 Å². The Bertz CT molecular complexity index is 969. The molecule has 0 unspecified atom stereocenters. The Hall–Kier alpha value is -3.35. The number of nitrogens with zero attached hydrogens (tertiary/aromatic N) is 3. The number of amides is 1. The summed E-state index contributed by atoms with van der Waals surface area (Å²) in [4.78, 5) is 19.9. The third kappa shape index (κ3) is 3.16. The molecule has 1 aromatic carbocycles. The minimum absolute atomic E-state index is 0.0659. The van der Waals surface area contributed by atoms with E-state index >= 15 is 0 Å². The molecule has 0 bridgehead atoms. The smallest absolute Gasteiger partial charge is 0.251 e. The first-order valence-electron chi connectivity index (χ1n) is 8.17. The number of hydrogen-bond acceptors (Lipinski definition) is 3. The summed E-state index contributed by atoms with van der Waals surface area (Å²) in [7, 11) is 0. The van der Waals surface area contributed by atoms with Crippen LogP contribution in [0.3, 0.4) is 0 Å². The van der Waals surface area contributed by atoms with Crippen LogP contribution in [0.5, 0.6) is 0 Å². The fourth-order valence-electron chi connectivity index (χ4n) is 2.88. The average molecular weight is 334 g/mol. The largest absolute Gasteiger partial charge is 0.353 e. The van der Waals surface area contributed by atoms with Gasteiger partial charge in [-0.15, -0.1) is 0 Å². The number of carbonyl (C=O) groups is 1. The second-order valence-corrected chi connectivity index (χ2v) is 5.82. The number of imidazole rings is 1. The summed E-state index contributed by atoms with van der Waals surface area (Å²) in [5.41, 5.74) is 3.29. The lowest BCUT2D eigenvalue weighted by Crippen LogP contribution is -2.25. The molecule has 126 valence electrons. The molecular formula is C18H18N6O. The number of H-pyrrole nitrogens is 2. The second kappa shape index (κ2) is 6.64. The molecule has 3 heterocycles. The van der Waals surface area contributed by atoms with Gasteiger partial charge in [-0.2, -0.15) is 5.10 Å². The zero-order valence-electron chi connectivity index (χ0n) is 13.6. The van der Waals surface area contributed by atoms with Gasteiger partial charge in [-0.05, 0) is 30.7 Å². The number of nitrogens with one attached hydrogen (secondary N) is 3. The van der Waals surface area contributed by atoms with Gasteiger partial charge in [-0.1, -0.05) is 6.07 Å². The average Bonchev–Trinajstić information content (AvgIpc) is 3.38. The van der Waals surface area contributed by atoms with Crippen LogP contribution < -0.4 is 5.32 Å². The van der Waals surface area contributed by atoms with E-state index in [4.69, 9.17) is 0 Å². The normalized spacial score (nSPS) is 11.0. The van der Waals surface area contributed by atoms with Crippen molar-refractivity contribution >= 4 is 16.8 Å². The molecule has 0 aliphatic heterocycles. The maximum atomic E-state index is 12.5. The van der Waals surface area contributed by atoms with E-state index in [1.54, 1.807) is 18.7 Å². The zero-order chi connectivity index (χ0) is 17.1. The van der Waals surface area contributed by atoms with E-state index < -0.39 is 0 Å². The number of aromatic amines is 2. The van der Waals surface area contributed by atoms with Crippen molar-refractivity contribution in [1.82, 2.24) is 30.0 Å². The quantitative estimate of drug-likeness (QED) is 0.473. The molecule has 3 aromatic heterocycles. The van der Waals surface area contributed by atoms with E-state index in [1.165, 1.54) is 0 Å². The number of fused-ring (bicyclic) bond motifs is 1. The van der Waals surface area contributed by atoms with Crippen molar-refractivity contribution in [2.45, 2.75) is 13.0 Å². The molecule has 7 nitrogen and oxygen atoms in total. The lowest BCUT2D eigenvalue weighted by molar-refractivity contribution is 0.0954. The minimum Gasteiger partial charge on any atom is -0.353 e. The van der Waals surface area contributed by atoms with Crippen LogP contribution in [-0.2, 0) is 6.54 Å². The highest BCUT2D eigenvalue weighted by molar-refractivity contribution is 6.07. The molecule has 0 spiro atoms. The van der Waals surface area contributed by atoms with Gasteiger partial charge in [-0.3, -0.25) is 9.89 Å². The highest BCUT2D eigenvalue weighted by Gasteiger charge is 2.13. The molecule has 0 saturated heterocycles. The van der Waals surface area contributed by atoms with Gasteiger partial charge in [0.2, 0.25) is 0 Å². The van der Waals surface area contributed by atoms with Crippen LogP contribution in [0.15, 0.2) is 55.2 Å². The summed E-state index contributed by atoms with van der Waals surface area (Å²) >= 11 is 0. The van der Waals surface area contributed by atoms with Gasteiger partial charge in [0.05, 0.1) is 12.0 Å². The van der Waals surface area contributed by atoms with Crippen LogP contribution in [0.25, 0.3) is 22.3 Å². The van der Waals surface area contributed by atoms with Crippen molar-refractivity contribution in [3.05, 3.63) is 60.8 Å². The number of benzene rings is 1. The summed E-state index contributed by atoms with van der Waals surface area (Å²) < 4.78 is 2.00. The van der Waals surface area contributed by atoms with Crippen molar-refractivity contribution < 1.29 is 4.79 Å². The number of carbonyl (C=O) groups excluding carboxylic acids is 1. The lowest BCUT2D eigenvalue weighted by Gasteiger charge is -2.06. The Morgan fingerprint density at radius 3 is 3.04 bits per heavy atom. The topological polar surface area (TPSA) is 91.4 Å². The molecular weight excluding hydrogens is 316 g/mol. The highest BCUT2D eigenvalue weighted by atomic mass is 16.1. The molecule has 0 atom stereocenters. The predicted molar refractivity (Wildman–Crippen MR) is 95.1 cm³/mol. The molecule has 4 aromatic rings. The fourth-order valence-corrected chi connectivity index (χ4v) is 2.88. The third-order valence-electron chi connectivity index (χ3n) is 4.12.